The number of imidazole rings is 1. The Morgan fingerprint density at radius 1 is 1.38 bits per heavy atom. The molecule has 1 saturated heterocycles. The smallest absolute Gasteiger partial charge is 0.226 e. The maximum absolute atomic E-state index is 12.7. The molecule has 0 aromatic carbocycles. The van der Waals surface area contributed by atoms with Crippen molar-refractivity contribution < 1.29 is 4.79 Å². The first-order valence-corrected chi connectivity index (χ1v) is 8.25. The highest BCUT2D eigenvalue weighted by atomic mass is 16.2. The van der Waals surface area contributed by atoms with E-state index in [1.807, 2.05) is 6.20 Å². The van der Waals surface area contributed by atoms with Crippen molar-refractivity contribution >= 4 is 5.91 Å². The third-order valence-electron chi connectivity index (χ3n) is 4.78. The molecule has 114 valence electrons. The third-order valence-corrected chi connectivity index (χ3v) is 4.78. The van der Waals surface area contributed by atoms with E-state index in [9.17, 15) is 4.79 Å². The highest BCUT2D eigenvalue weighted by Crippen LogP contribution is 2.27. The molecule has 3 rings (SSSR count). The summed E-state index contributed by atoms with van der Waals surface area (Å²) in [5.41, 5.74) is 0. The quantitative estimate of drug-likeness (QED) is 0.802. The number of hydrogen-bond acceptors (Lipinski definition) is 2. The summed E-state index contributed by atoms with van der Waals surface area (Å²) >= 11 is 0. The summed E-state index contributed by atoms with van der Waals surface area (Å²) in [6.07, 6.45) is 14.5. The zero-order chi connectivity index (χ0) is 14.7. The largest absolute Gasteiger partial charge is 0.340 e. The van der Waals surface area contributed by atoms with Gasteiger partial charge in [-0.25, -0.2) is 4.98 Å². The molecule has 1 aliphatic carbocycles. The number of amides is 1. The molecule has 1 fully saturated rings. The van der Waals surface area contributed by atoms with E-state index < -0.39 is 0 Å². The Kier molecular flexibility index (Phi) is 4.42. The molecular formula is C17H25N3O. The number of likely N-dealkylation sites (tertiary alicyclic amines) is 1. The van der Waals surface area contributed by atoms with E-state index in [2.05, 4.69) is 39.7 Å². The van der Waals surface area contributed by atoms with Crippen LogP contribution in [0.15, 0.2) is 24.5 Å². The van der Waals surface area contributed by atoms with Crippen molar-refractivity contribution in [1.82, 2.24) is 14.5 Å². The summed E-state index contributed by atoms with van der Waals surface area (Å²) < 4.78 is 2.28. The van der Waals surface area contributed by atoms with Gasteiger partial charge in [0.25, 0.3) is 0 Å². The number of carbonyl (C=O) groups excluding carboxylic acids is 1. The lowest BCUT2D eigenvalue weighted by atomic mass is 9.92. The molecule has 2 aliphatic rings. The topological polar surface area (TPSA) is 38.1 Å². The number of aromatic nitrogens is 2. The van der Waals surface area contributed by atoms with Gasteiger partial charge >= 0.3 is 0 Å². The predicted molar refractivity (Wildman–Crippen MR) is 82.9 cm³/mol. The standard InChI is InChI=1S/C17H25N3O/c1-2-16-18-10-12-20(16)15-9-6-11-19(13-15)17(21)14-7-4-3-5-8-14/h3-4,10,12,14-15H,2,5-9,11,13H2,1H3/t14-,15-/m0/s1. The molecule has 0 radical (unpaired) electrons. The van der Waals surface area contributed by atoms with Gasteiger partial charge < -0.3 is 9.47 Å². The second-order valence-electron chi connectivity index (χ2n) is 6.17. The van der Waals surface area contributed by atoms with Gasteiger partial charge in [0.2, 0.25) is 5.91 Å². The molecule has 2 atom stereocenters. The summed E-state index contributed by atoms with van der Waals surface area (Å²) in [6.45, 7) is 3.91. The van der Waals surface area contributed by atoms with Crippen molar-refractivity contribution in [3.63, 3.8) is 0 Å². The highest BCUT2D eigenvalue weighted by Gasteiger charge is 2.29. The SMILES string of the molecule is CCc1nccn1[C@H]1CCCN(C(=O)[C@H]2CC=CCC2)C1. The Morgan fingerprint density at radius 2 is 2.29 bits per heavy atom. The van der Waals surface area contributed by atoms with Crippen LogP contribution in [0.1, 0.15) is 50.9 Å². The average molecular weight is 287 g/mol. The molecule has 2 heterocycles. The average Bonchev–Trinajstić information content (AvgIpc) is 3.04. The Hall–Kier alpha value is -1.58. The summed E-state index contributed by atoms with van der Waals surface area (Å²) in [4.78, 5) is 19.2. The maximum Gasteiger partial charge on any atom is 0.226 e. The minimum Gasteiger partial charge on any atom is -0.340 e. The molecule has 1 aromatic heterocycles. The summed E-state index contributed by atoms with van der Waals surface area (Å²) in [6, 6.07) is 0.402. The van der Waals surface area contributed by atoms with Crippen LogP contribution >= 0.6 is 0 Å². The predicted octanol–water partition coefficient (Wildman–Crippen LogP) is 2.97. The van der Waals surface area contributed by atoms with Crippen LogP contribution in [0, 0.1) is 5.92 Å². The number of carbonyl (C=O) groups is 1. The molecule has 0 unspecified atom stereocenters. The monoisotopic (exact) mass is 287 g/mol. The molecule has 0 spiro atoms. The van der Waals surface area contributed by atoms with Crippen LogP contribution in [0.25, 0.3) is 0 Å². The van der Waals surface area contributed by atoms with Gasteiger partial charge in [0.15, 0.2) is 0 Å². The third kappa shape index (κ3) is 3.04. The van der Waals surface area contributed by atoms with Crippen LogP contribution in [0.5, 0.6) is 0 Å². The van der Waals surface area contributed by atoms with Crippen molar-refractivity contribution in [2.24, 2.45) is 5.92 Å². The van der Waals surface area contributed by atoms with Crippen molar-refractivity contribution in [2.75, 3.05) is 13.1 Å². The zero-order valence-corrected chi connectivity index (χ0v) is 12.9. The fraction of sp³-hybridized carbons (Fsp3) is 0.647. The van der Waals surface area contributed by atoms with E-state index in [0.717, 1.165) is 57.4 Å². The van der Waals surface area contributed by atoms with Crippen LogP contribution in [0.4, 0.5) is 0 Å². The number of piperidine rings is 1. The molecule has 0 saturated carbocycles. The van der Waals surface area contributed by atoms with Crippen molar-refractivity contribution in [1.29, 1.82) is 0 Å². The van der Waals surface area contributed by atoms with Crippen molar-refractivity contribution in [3.8, 4) is 0 Å². The molecular weight excluding hydrogens is 262 g/mol. The lowest BCUT2D eigenvalue weighted by Crippen LogP contribution is -2.43. The molecule has 1 amide bonds. The van der Waals surface area contributed by atoms with E-state index in [1.165, 1.54) is 0 Å². The highest BCUT2D eigenvalue weighted by molar-refractivity contribution is 5.79. The van der Waals surface area contributed by atoms with Gasteiger partial charge in [-0.2, -0.15) is 0 Å². The number of allylic oxidation sites excluding steroid dienone is 2. The second kappa shape index (κ2) is 6.46. The maximum atomic E-state index is 12.7. The second-order valence-corrected chi connectivity index (χ2v) is 6.17. The van der Waals surface area contributed by atoms with Gasteiger partial charge in [0, 0.05) is 37.8 Å². The van der Waals surface area contributed by atoms with Crippen molar-refractivity contribution in [3.05, 3.63) is 30.4 Å². The number of rotatable bonds is 3. The molecule has 1 aliphatic heterocycles. The fourth-order valence-corrected chi connectivity index (χ4v) is 3.61. The van der Waals surface area contributed by atoms with Gasteiger partial charge in [0.1, 0.15) is 5.82 Å². The fourth-order valence-electron chi connectivity index (χ4n) is 3.61. The first-order valence-electron chi connectivity index (χ1n) is 8.25. The van der Waals surface area contributed by atoms with Gasteiger partial charge in [-0.15, -0.1) is 0 Å². The lowest BCUT2D eigenvalue weighted by Gasteiger charge is -2.36. The van der Waals surface area contributed by atoms with E-state index in [0.29, 0.717) is 11.9 Å². The summed E-state index contributed by atoms with van der Waals surface area (Å²) in [7, 11) is 0. The molecule has 4 nitrogen and oxygen atoms in total. The van der Waals surface area contributed by atoms with E-state index in [1.54, 1.807) is 0 Å². The Bertz CT molecular complexity index is 520. The summed E-state index contributed by atoms with van der Waals surface area (Å²) in [5.74, 6) is 1.71. The summed E-state index contributed by atoms with van der Waals surface area (Å²) in [5, 5.41) is 0. The first-order chi connectivity index (χ1) is 10.3. The molecule has 21 heavy (non-hydrogen) atoms. The molecule has 4 heteroatoms. The minimum atomic E-state index is 0.210. The molecule has 1 aromatic rings. The van der Waals surface area contributed by atoms with Gasteiger partial charge in [0.05, 0.1) is 6.04 Å². The van der Waals surface area contributed by atoms with Crippen molar-refractivity contribution in [2.45, 2.75) is 51.5 Å². The van der Waals surface area contributed by atoms with Gasteiger partial charge in [-0.1, -0.05) is 19.1 Å². The van der Waals surface area contributed by atoms with E-state index in [-0.39, 0.29) is 5.92 Å². The normalized spacial score (nSPS) is 26.0. The van der Waals surface area contributed by atoms with Crippen LogP contribution < -0.4 is 0 Å². The lowest BCUT2D eigenvalue weighted by molar-refractivity contribution is -0.137. The van der Waals surface area contributed by atoms with E-state index >= 15 is 0 Å². The van der Waals surface area contributed by atoms with E-state index in [4.69, 9.17) is 0 Å². The Balaban J connectivity index is 1.68. The van der Waals surface area contributed by atoms with Crippen LogP contribution in [-0.4, -0.2) is 33.4 Å². The Labute approximate surface area is 126 Å². The number of hydrogen-bond donors (Lipinski definition) is 0. The zero-order valence-electron chi connectivity index (χ0n) is 12.9. The van der Waals surface area contributed by atoms with Crippen LogP contribution in [0.3, 0.4) is 0 Å². The van der Waals surface area contributed by atoms with Gasteiger partial charge in [-0.3, -0.25) is 4.79 Å². The van der Waals surface area contributed by atoms with Gasteiger partial charge in [-0.05, 0) is 32.1 Å². The molecule has 0 bridgehead atoms. The number of aryl methyl sites for hydroxylation is 1. The minimum absolute atomic E-state index is 0.210. The van der Waals surface area contributed by atoms with Crippen LogP contribution in [-0.2, 0) is 11.2 Å². The Morgan fingerprint density at radius 3 is 3.05 bits per heavy atom. The number of nitrogens with zero attached hydrogens (tertiary/aromatic N) is 3. The first kappa shape index (κ1) is 14.4. The van der Waals surface area contributed by atoms with Crippen LogP contribution in [0.2, 0.25) is 0 Å². The molecule has 0 N–H and O–H groups in total.